The summed E-state index contributed by atoms with van der Waals surface area (Å²) >= 11 is 0. The lowest BCUT2D eigenvalue weighted by atomic mass is 9.80. The van der Waals surface area contributed by atoms with Crippen molar-refractivity contribution >= 4 is 5.91 Å². The quantitative estimate of drug-likeness (QED) is 0.685. The van der Waals surface area contributed by atoms with Gasteiger partial charge in [-0.2, -0.15) is 0 Å². The zero-order valence-corrected chi connectivity index (χ0v) is 10.6. The lowest BCUT2D eigenvalue weighted by molar-refractivity contribution is -0.125. The first-order valence-electron chi connectivity index (χ1n) is 6.17. The minimum Gasteiger partial charge on any atom is -0.376 e. The number of amides is 1. The Balaban J connectivity index is 2.19. The van der Waals surface area contributed by atoms with Crippen LogP contribution in [0.5, 0.6) is 0 Å². The Morgan fingerprint density at radius 2 is 2.19 bits per heavy atom. The second-order valence-corrected chi connectivity index (χ2v) is 4.68. The Bertz CT molecular complexity index is 222. The molecule has 94 valence electrons. The number of hydrogen-bond acceptors (Lipinski definition) is 3. The summed E-state index contributed by atoms with van der Waals surface area (Å²) in [5.41, 5.74) is -0.0723. The molecule has 1 amide bonds. The molecule has 1 rings (SSSR count). The van der Waals surface area contributed by atoms with Crippen molar-refractivity contribution in [2.45, 2.75) is 51.2 Å². The van der Waals surface area contributed by atoms with Crippen LogP contribution in [0, 0.1) is 0 Å². The average molecular weight is 228 g/mol. The summed E-state index contributed by atoms with van der Waals surface area (Å²) in [6.45, 7) is 5.62. The highest BCUT2D eigenvalue weighted by atomic mass is 16.5. The van der Waals surface area contributed by atoms with Crippen LogP contribution < -0.4 is 10.6 Å². The Morgan fingerprint density at radius 3 is 2.62 bits per heavy atom. The number of hydrogen-bond donors (Lipinski definition) is 2. The van der Waals surface area contributed by atoms with Gasteiger partial charge in [0.1, 0.15) is 0 Å². The number of carbonyl (C=O) groups excluding carboxylic acids is 1. The topological polar surface area (TPSA) is 50.4 Å². The number of ether oxygens (including phenoxy) is 1. The molecule has 1 aliphatic rings. The maximum absolute atomic E-state index is 11.6. The van der Waals surface area contributed by atoms with Crippen molar-refractivity contribution in [1.82, 2.24) is 10.6 Å². The molecule has 2 N–H and O–H groups in total. The van der Waals surface area contributed by atoms with Crippen LogP contribution in [0.4, 0.5) is 0 Å². The van der Waals surface area contributed by atoms with Crippen molar-refractivity contribution in [3.05, 3.63) is 0 Å². The molecule has 0 spiro atoms. The van der Waals surface area contributed by atoms with Crippen molar-refractivity contribution in [2.75, 3.05) is 20.2 Å². The SMILES string of the molecule is CCNC(C)CC(=O)NCC1(OC)CCC1. The normalized spacial score (nSPS) is 19.9. The minimum atomic E-state index is -0.0723. The standard InChI is InChI=1S/C12H24N2O2/c1-4-13-10(2)8-11(15)14-9-12(16-3)6-5-7-12/h10,13H,4-9H2,1-3H3,(H,14,15). The molecular formula is C12H24N2O2. The maximum Gasteiger partial charge on any atom is 0.221 e. The van der Waals surface area contributed by atoms with Crippen molar-refractivity contribution in [3.63, 3.8) is 0 Å². The molecule has 1 fully saturated rings. The third-order valence-corrected chi connectivity index (χ3v) is 3.35. The van der Waals surface area contributed by atoms with Gasteiger partial charge in [0.2, 0.25) is 5.91 Å². The highest BCUT2D eigenvalue weighted by Crippen LogP contribution is 2.34. The summed E-state index contributed by atoms with van der Waals surface area (Å²) in [6, 6.07) is 0.241. The highest BCUT2D eigenvalue weighted by Gasteiger charge is 2.37. The lowest BCUT2D eigenvalue weighted by Crippen LogP contribution is -2.50. The highest BCUT2D eigenvalue weighted by molar-refractivity contribution is 5.76. The number of rotatable bonds is 7. The zero-order valence-electron chi connectivity index (χ0n) is 10.6. The molecule has 0 bridgehead atoms. The number of nitrogens with one attached hydrogen (secondary N) is 2. The molecule has 0 radical (unpaired) electrons. The summed E-state index contributed by atoms with van der Waals surface area (Å²) in [6.07, 6.45) is 3.87. The second-order valence-electron chi connectivity index (χ2n) is 4.68. The summed E-state index contributed by atoms with van der Waals surface area (Å²) in [7, 11) is 1.73. The molecule has 1 saturated carbocycles. The first kappa shape index (κ1) is 13.5. The molecule has 1 aliphatic carbocycles. The van der Waals surface area contributed by atoms with Gasteiger partial charge >= 0.3 is 0 Å². The van der Waals surface area contributed by atoms with Crippen molar-refractivity contribution in [2.24, 2.45) is 0 Å². The monoisotopic (exact) mass is 228 g/mol. The molecule has 0 heterocycles. The summed E-state index contributed by atoms with van der Waals surface area (Å²) in [4.78, 5) is 11.6. The summed E-state index contributed by atoms with van der Waals surface area (Å²) in [5.74, 6) is 0.108. The van der Waals surface area contributed by atoms with Crippen molar-refractivity contribution in [1.29, 1.82) is 0 Å². The minimum absolute atomic E-state index is 0.0723. The number of methoxy groups -OCH3 is 1. The van der Waals surface area contributed by atoms with Crippen LogP contribution >= 0.6 is 0 Å². The van der Waals surface area contributed by atoms with Gasteiger partial charge in [-0.25, -0.2) is 0 Å². The van der Waals surface area contributed by atoms with Gasteiger partial charge in [0.15, 0.2) is 0 Å². The second kappa shape index (κ2) is 6.21. The van der Waals surface area contributed by atoms with Gasteiger partial charge < -0.3 is 15.4 Å². The predicted molar refractivity (Wildman–Crippen MR) is 64.4 cm³/mol. The molecule has 1 atom stereocenters. The molecule has 0 aliphatic heterocycles. The first-order valence-corrected chi connectivity index (χ1v) is 6.17. The van der Waals surface area contributed by atoms with E-state index in [1.165, 1.54) is 6.42 Å². The zero-order chi connectivity index (χ0) is 12.0. The average Bonchev–Trinajstić information content (AvgIpc) is 2.17. The van der Waals surface area contributed by atoms with E-state index in [1.54, 1.807) is 7.11 Å². The van der Waals surface area contributed by atoms with E-state index in [1.807, 2.05) is 13.8 Å². The van der Waals surface area contributed by atoms with E-state index in [0.29, 0.717) is 13.0 Å². The van der Waals surface area contributed by atoms with Crippen LogP contribution in [0.1, 0.15) is 39.5 Å². The van der Waals surface area contributed by atoms with E-state index in [4.69, 9.17) is 4.74 Å². The van der Waals surface area contributed by atoms with Gasteiger partial charge in [-0.15, -0.1) is 0 Å². The van der Waals surface area contributed by atoms with Gasteiger partial charge in [-0.3, -0.25) is 4.79 Å². The predicted octanol–water partition coefficient (Wildman–Crippen LogP) is 1.06. The van der Waals surface area contributed by atoms with Crippen molar-refractivity contribution in [3.8, 4) is 0 Å². The first-order chi connectivity index (χ1) is 7.62. The van der Waals surface area contributed by atoms with E-state index in [2.05, 4.69) is 10.6 Å². The van der Waals surface area contributed by atoms with Crippen LogP contribution in [0.25, 0.3) is 0 Å². The Kier molecular flexibility index (Phi) is 5.22. The number of carbonyl (C=O) groups is 1. The summed E-state index contributed by atoms with van der Waals surface area (Å²) < 4.78 is 5.45. The van der Waals surface area contributed by atoms with Gasteiger partial charge in [-0.1, -0.05) is 6.92 Å². The van der Waals surface area contributed by atoms with Gasteiger partial charge in [0.25, 0.3) is 0 Å². The van der Waals surface area contributed by atoms with Crippen LogP contribution in [0.15, 0.2) is 0 Å². The van der Waals surface area contributed by atoms with Crippen LogP contribution in [0.3, 0.4) is 0 Å². The lowest BCUT2D eigenvalue weighted by Gasteiger charge is -2.40. The molecule has 0 aromatic carbocycles. The van der Waals surface area contributed by atoms with Gasteiger partial charge in [-0.05, 0) is 32.7 Å². The largest absolute Gasteiger partial charge is 0.376 e. The fourth-order valence-electron chi connectivity index (χ4n) is 2.05. The van der Waals surface area contributed by atoms with E-state index in [-0.39, 0.29) is 17.6 Å². The molecule has 4 nitrogen and oxygen atoms in total. The van der Waals surface area contributed by atoms with Crippen LogP contribution in [-0.4, -0.2) is 37.7 Å². The molecule has 0 aromatic heterocycles. The van der Waals surface area contributed by atoms with Gasteiger partial charge in [0, 0.05) is 26.1 Å². The maximum atomic E-state index is 11.6. The smallest absolute Gasteiger partial charge is 0.221 e. The molecule has 0 saturated heterocycles. The molecule has 0 aromatic rings. The van der Waals surface area contributed by atoms with E-state index in [9.17, 15) is 4.79 Å². The molecule has 1 unspecified atom stereocenters. The van der Waals surface area contributed by atoms with E-state index >= 15 is 0 Å². The van der Waals surface area contributed by atoms with Crippen LogP contribution in [0.2, 0.25) is 0 Å². The fourth-order valence-corrected chi connectivity index (χ4v) is 2.05. The Hall–Kier alpha value is -0.610. The Morgan fingerprint density at radius 1 is 1.50 bits per heavy atom. The molecular weight excluding hydrogens is 204 g/mol. The third-order valence-electron chi connectivity index (χ3n) is 3.35. The van der Waals surface area contributed by atoms with Crippen LogP contribution in [-0.2, 0) is 9.53 Å². The fraction of sp³-hybridized carbons (Fsp3) is 0.917. The summed E-state index contributed by atoms with van der Waals surface area (Å²) in [5, 5.41) is 6.19. The molecule has 16 heavy (non-hydrogen) atoms. The van der Waals surface area contributed by atoms with Gasteiger partial charge in [0.05, 0.1) is 5.60 Å². The Labute approximate surface area is 98.1 Å². The van der Waals surface area contributed by atoms with E-state index in [0.717, 1.165) is 19.4 Å². The van der Waals surface area contributed by atoms with Crippen molar-refractivity contribution < 1.29 is 9.53 Å². The third kappa shape index (κ3) is 3.76. The molecule has 4 heteroatoms. The van der Waals surface area contributed by atoms with E-state index < -0.39 is 0 Å².